The van der Waals surface area contributed by atoms with Gasteiger partial charge < -0.3 is 14.9 Å². The van der Waals surface area contributed by atoms with Gasteiger partial charge in [0.25, 0.3) is 5.82 Å². The minimum absolute atomic E-state index is 0.0554. The highest BCUT2D eigenvalue weighted by atomic mass is 32.2. The molecule has 0 fully saturated rings. The summed E-state index contributed by atoms with van der Waals surface area (Å²) in [6.45, 7) is 1.82. The second-order valence-electron chi connectivity index (χ2n) is 5.31. The van der Waals surface area contributed by atoms with Crippen molar-refractivity contribution in [3.8, 4) is 5.75 Å². The van der Waals surface area contributed by atoms with E-state index in [0.29, 0.717) is 11.3 Å². The fraction of sp³-hybridized carbons (Fsp3) is 0.400. The Morgan fingerprint density at radius 2 is 2.00 bits per heavy atom. The summed E-state index contributed by atoms with van der Waals surface area (Å²) in [6.07, 6.45) is -4.68. The molecule has 1 aromatic carbocycles. The van der Waals surface area contributed by atoms with Crippen LogP contribution in [0.4, 0.5) is 13.2 Å². The summed E-state index contributed by atoms with van der Waals surface area (Å²) in [5.74, 6) is -1.14. The van der Waals surface area contributed by atoms with Crippen LogP contribution >= 0.6 is 11.8 Å². The normalized spacial score (nSPS) is 19.4. The first-order valence-corrected chi connectivity index (χ1v) is 8.49. The second-order valence-corrected chi connectivity index (χ2v) is 6.42. The van der Waals surface area contributed by atoms with Gasteiger partial charge in [-0.15, -0.1) is 10.2 Å². The van der Waals surface area contributed by atoms with Gasteiger partial charge >= 0.3 is 12.1 Å². The number of halogens is 3. The molecule has 0 saturated carbocycles. The number of aromatic nitrogens is 3. The van der Waals surface area contributed by atoms with Crippen LogP contribution in [0, 0.1) is 0 Å². The summed E-state index contributed by atoms with van der Waals surface area (Å²) in [5, 5.41) is 5.86. The molecule has 140 valence electrons. The van der Waals surface area contributed by atoms with Gasteiger partial charge in [-0.3, -0.25) is 4.79 Å². The van der Waals surface area contributed by atoms with Crippen LogP contribution in [0.3, 0.4) is 0 Å². The number of esters is 1. The second kappa shape index (κ2) is 7.06. The third-order valence-corrected chi connectivity index (χ3v) is 4.88. The van der Waals surface area contributed by atoms with Crippen LogP contribution in [0.5, 0.6) is 5.75 Å². The summed E-state index contributed by atoms with van der Waals surface area (Å²) in [4.78, 5) is 12.3. The summed E-state index contributed by atoms with van der Waals surface area (Å²) >= 11 is 0.876. The highest BCUT2D eigenvalue weighted by Crippen LogP contribution is 2.40. The quantitative estimate of drug-likeness (QED) is 0.807. The minimum Gasteiger partial charge on any atom is -0.497 e. The van der Waals surface area contributed by atoms with E-state index in [2.05, 4.69) is 15.6 Å². The molecule has 7 nitrogen and oxygen atoms in total. The zero-order chi connectivity index (χ0) is 18.9. The summed E-state index contributed by atoms with van der Waals surface area (Å²) in [7, 11) is 1.50. The molecule has 26 heavy (non-hydrogen) atoms. The number of nitrogens with one attached hydrogen (secondary N) is 1. The van der Waals surface area contributed by atoms with E-state index in [1.807, 2.05) is 0 Å². The maximum atomic E-state index is 13.1. The van der Waals surface area contributed by atoms with E-state index >= 15 is 0 Å². The molecular formula is C15H15F3N4O3S. The van der Waals surface area contributed by atoms with Crippen LogP contribution < -0.4 is 10.2 Å². The van der Waals surface area contributed by atoms with Crippen molar-refractivity contribution in [3.05, 3.63) is 35.7 Å². The molecule has 0 radical (unpaired) electrons. The van der Waals surface area contributed by atoms with Crippen molar-refractivity contribution in [1.29, 1.82) is 0 Å². The van der Waals surface area contributed by atoms with Crippen LogP contribution in [0.2, 0.25) is 0 Å². The van der Waals surface area contributed by atoms with E-state index in [1.54, 1.807) is 31.2 Å². The fourth-order valence-electron chi connectivity index (χ4n) is 2.50. The molecule has 0 bridgehead atoms. The lowest BCUT2D eigenvalue weighted by atomic mass is 10.0. The van der Waals surface area contributed by atoms with Crippen LogP contribution in [0.15, 0.2) is 29.4 Å². The number of alkyl halides is 3. The number of carbonyl (C=O) groups excluding carboxylic acids is 1. The molecule has 1 aliphatic rings. The lowest BCUT2D eigenvalue weighted by Crippen LogP contribution is -2.40. The van der Waals surface area contributed by atoms with E-state index in [9.17, 15) is 18.0 Å². The van der Waals surface area contributed by atoms with Gasteiger partial charge in [-0.25, -0.2) is 4.68 Å². The van der Waals surface area contributed by atoms with Crippen molar-refractivity contribution in [2.45, 2.75) is 29.5 Å². The van der Waals surface area contributed by atoms with Gasteiger partial charge in [-0.2, -0.15) is 13.2 Å². The number of carbonyl (C=O) groups is 1. The Balaban J connectivity index is 2.00. The van der Waals surface area contributed by atoms with Crippen LogP contribution in [0.1, 0.15) is 24.4 Å². The molecule has 1 N–H and O–H groups in total. The average Bonchev–Trinajstić information content (AvgIpc) is 3.04. The molecule has 2 aromatic rings. The number of methoxy groups -OCH3 is 1. The Labute approximate surface area is 150 Å². The number of hydrogen-bond donors (Lipinski definition) is 1. The Morgan fingerprint density at radius 3 is 2.58 bits per heavy atom. The topological polar surface area (TPSA) is 78.3 Å². The number of thioether (sulfide) groups is 1. The van der Waals surface area contributed by atoms with Crippen LogP contribution in [0.25, 0.3) is 0 Å². The fourth-order valence-corrected chi connectivity index (χ4v) is 3.58. The van der Waals surface area contributed by atoms with Crippen molar-refractivity contribution >= 4 is 17.7 Å². The number of fused-ring (bicyclic) bond motifs is 1. The molecule has 1 aromatic heterocycles. The van der Waals surface area contributed by atoms with Crippen LogP contribution in [-0.4, -0.2) is 39.8 Å². The zero-order valence-corrected chi connectivity index (χ0v) is 14.6. The zero-order valence-electron chi connectivity index (χ0n) is 13.8. The summed E-state index contributed by atoms with van der Waals surface area (Å²) in [6, 6.07) is 5.90. The summed E-state index contributed by atoms with van der Waals surface area (Å²) < 4.78 is 50.3. The molecular weight excluding hydrogens is 373 g/mol. The lowest BCUT2D eigenvalue weighted by molar-refractivity contribution is -0.147. The molecule has 11 heteroatoms. The monoisotopic (exact) mass is 388 g/mol. The van der Waals surface area contributed by atoms with Gasteiger partial charge in [-0.1, -0.05) is 23.9 Å². The molecule has 2 atom stereocenters. The van der Waals surface area contributed by atoms with E-state index < -0.39 is 29.3 Å². The highest BCUT2D eigenvalue weighted by Gasteiger charge is 2.44. The number of hydrogen-bond acceptors (Lipinski definition) is 7. The first-order chi connectivity index (χ1) is 12.3. The first kappa shape index (κ1) is 18.4. The van der Waals surface area contributed by atoms with Gasteiger partial charge in [0, 0.05) is 0 Å². The molecule has 0 amide bonds. The molecule has 2 unspecified atom stereocenters. The predicted octanol–water partition coefficient (Wildman–Crippen LogP) is 2.63. The van der Waals surface area contributed by atoms with E-state index in [4.69, 9.17) is 9.47 Å². The molecule has 0 spiro atoms. The van der Waals surface area contributed by atoms with Gasteiger partial charge in [0.15, 0.2) is 0 Å². The van der Waals surface area contributed by atoms with Crippen molar-refractivity contribution in [1.82, 2.24) is 14.9 Å². The average molecular weight is 388 g/mol. The molecule has 1 aliphatic heterocycles. The van der Waals surface area contributed by atoms with Gasteiger partial charge in [-0.05, 0) is 24.6 Å². The maximum absolute atomic E-state index is 13.1. The highest BCUT2D eigenvalue weighted by molar-refractivity contribution is 8.00. The summed E-state index contributed by atoms with van der Waals surface area (Å²) in [5.41, 5.74) is 3.31. The molecule has 3 rings (SSSR count). The molecule has 2 heterocycles. The Kier molecular flexibility index (Phi) is 4.99. The molecule has 0 aliphatic carbocycles. The van der Waals surface area contributed by atoms with Crippen molar-refractivity contribution in [2.75, 3.05) is 19.1 Å². The first-order valence-electron chi connectivity index (χ1n) is 7.61. The number of rotatable bonds is 4. The smallest absolute Gasteiger partial charge is 0.453 e. The lowest BCUT2D eigenvalue weighted by Gasteiger charge is -2.32. The van der Waals surface area contributed by atoms with E-state index in [0.717, 1.165) is 16.4 Å². The van der Waals surface area contributed by atoms with Gasteiger partial charge in [0.2, 0.25) is 5.16 Å². The Bertz CT molecular complexity index is 794. The van der Waals surface area contributed by atoms with Crippen molar-refractivity contribution in [3.63, 3.8) is 0 Å². The Morgan fingerprint density at radius 1 is 1.31 bits per heavy atom. The third-order valence-electron chi connectivity index (χ3n) is 3.68. The van der Waals surface area contributed by atoms with E-state index in [-0.39, 0.29) is 11.8 Å². The minimum atomic E-state index is -4.68. The van der Waals surface area contributed by atoms with Gasteiger partial charge in [0.1, 0.15) is 11.0 Å². The maximum Gasteiger partial charge on any atom is 0.453 e. The van der Waals surface area contributed by atoms with Crippen molar-refractivity contribution < 1.29 is 27.4 Å². The molecule has 0 saturated heterocycles. The van der Waals surface area contributed by atoms with Crippen molar-refractivity contribution in [2.24, 2.45) is 0 Å². The van der Waals surface area contributed by atoms with E-state index in [1.165, 1.54) is 7.11 Å². The SMILES string of the molecule is CCOC(=O)C1Sc2nnc(C(F)(F)F)n2NC1c1ccc(OC)cc1. The van der Waals surface area contributed by atoms with Gasteiger partial charge in [0.05, 0.1) is 19.8 Å². The Hall–Kier alpha value is -2.43. The van der Waals surface area contributed by atoms with Crippen LogP contribution in [-0.2, 0) is 15.7 Å². The number of nitrogens with zero attached hydrogens (tertiary/aromatic N) is 3. The third kappa shape index (κ3) is 3.43. The standard InChI is InChI=1S/C15H15F3N4O3S/c1-3-25-12(23)11-10(8-4-6-9(24-2)7-5-8)21-22-13(15(16,17)18)19-20-14(22)26-11/h4-7,10-11,21H,3H2,1-2H3. The number of benzene rings is 1. The number of ether oxygens (including phenoxy) is 2. The predicted molar refractivity (Wildman–Crippen MR) is 86.4 cm³/mol. The largest absolute Gasteiger partial charge is 0.497 e.